The van der Waals surface area contributed by atoms with Gasteiger partial charge in [0.2, 0.25) is 0 Å². The van der Waals surface area contributed by atoms with Gasteiger partial charge in [-0.25, -0.2) is 0 Å². The highest BCUT2D eigenvalue weighted by Gasteiger charge is 2.07. The molecule has 56 valence electrons. The SMILES string of the molecule is OCC(CO)c1ccc[nH]1. The van der Waals surface area contributed by atoms with E-state index in [1.54, 1.807) is 6.20 Å². The minimum Gasteiger partial charge on any atom is -0.396 e. The van der Waals surface area contributed by atoms with Gasteiger partial charge in [0.1, 0.15) is 0 Å². The number of aromatic nitrogens is 1. The monoisotopic (exact) mass is 141 g/mol. The van der Waals surface area contributed by atoms with E-state index in [4.69, 9.17) is 10.2 Å². The molecular weight excluding hydrogens is 130 g/mol. The molecule has 1 aromatic heterocycles. The summed E-state index contributed by atoms with van der Waals surface area (Å²) in [7, 11) is 0. The number of hydrogen-bond donors (Lipinski definition) is 3. The van der Waals surface area contributed by atoms with Crippen LogP contribution >= 0.6 is 0 Å². The van der Waals surface area contributed by atoms with Crippen LogP contribution in [0.2, 0.25) is 0 Å². The molecule has 10 heavy (non-hydrogen) atoms. The molecule has 1 aromatic rings. The van der Waals surface area contributed by atoms with Crippen molar-refractivity contribution in [1.82, 2.24) is 4.98 Å². The van der Waals surface area contributed by atoms with Gasteiger partial charge in [0.05, 0.1) is 13.2 Å². The molecule has 0 aromatic carbocycles. The molecule has 0 amide bonds. The maximum Gasteiger partial charge on any atom is 0.0536 e. The third kappa shape index (κ3) is 1.37. The minimum atomic E-state index is -0.157. The lowest BCUT2D eigenvalue weighted by Gasteiger charge is -2.06. The average molecular weight is 141 g/mol. The van der Waals surface area contributed by atoms with E-state index >= 15 is 0 Å². The summed E-state index contributed by atoms with van der Waals surface area (Å²) in [6.07, 6.45) is 1.77. The highest BCUT2D eigenvalue weighted by atomic mass is 16.3. The normalized spacial score (nSPS) is 10.7. The zero-order valence-corrected chi connectivity index (χ0v) is 5.62. The fraction of sp³-hybridized carbons (Fsp3) is 0.429. The third-order valence-corrected chi connectivity index (χ3v) is 1.50. The van der Waals surface area contributed by atoms with Crippen molar-refractivity contribution < 1.29 is 10.2 Å². The Morgan fingerprint density at radius 3 is 2.50 bits per heavy atom. The van der Waals surface area contributed by atoms with Crippen LogP contribution < -0.4 is 0 Å². The Balaban J connectivity index is 2.64. The average Bonchev–Trinajstić information content (AvgIpc) is 2.43. The molecular formula is C7H11NO2. The second-order valence-electron chi connectivity index (χ2n) is 2.19. The van der Waals surface area contributed by atoms with Crippen LogP contribution in [-0.2, 0) is 0 Å². The molecule has 3 nitrogen and oxygen atoms in total. The van der Waals surface area contributed by atoms with Gasteiger partial charge in [-0.1, -0.05) is 0 Å². The molecule has 0 fully saturated rings. The Morgan fingerprint density at radius 2 is 2.10 bits per heavy atom. The summed E-state index contributed by atoms with van der Waals surface area (Å²) in [5.74, 6) is -0.157. The quantitative estimate of drug-likeness (QED) is 0.558. The lowest BCUT2D eigenvalue weighted by atomic mass is 10.1. The Labute approximate surface area is 59.3 Å². The number of aromatic amines is 1. The number of nitrogens with one attached hydrogen (secondary N) is 1. The van der Waals surface area contributed by atoms with Crippen molar-refractivity contribution in [2.24, 2.45) is 0 Å². The summed E-state index contributed by atoms with van der Waals surface area (Å²) < 4.78 is 0. The first kappa shape index (κ1) is 7.31. The van der Waals surface area contributed by atoms with Crippen LogP contribution in [0, 0.1) is 0 Å². The Morgan fingerprint density at radius 1 is 1.40 bits per heavy atom. The highest BCUT2D eigenvalue weighted by molar-refractivity contribution is 5.09. The van der Waals surface area contributed by atoms with Crippen molar-refractivity contribution in [1.29, 1.82) is 0 Å². The predicted octanol–water partition coefficient (Wildman–Crippen LogP) is 0.0829. The largest absolute Gasteiger partial charge is 0.396 e. The second kappa shape index (κ2) is 3.39. The van der Waals surface area contributed by atoms with Gasteiger partial charge in [0.25, 0.3) is 0 Å². The molecule has 3 N–H and O–H groups in total. The van der Waals surface area contributed by atoms with E-state index in [2.05, 4.69) is 4.98 Å². The first-order chi connectivity index (χ1) is 4.88. The molecule has 0 saturated heterocycles. The summed E-state index contributed by atoms with van der Waals surface area (Å²) >= 11 is 0. The Hall–Kier alpha value is -0.800. The minimum absolute atomic E-state index is 0.0169. The summed E-state index contributed by atoms with van der Waals surface area (Å²) in [5.41, 5.74) is 0.880. The molecule has 0 radical (unpaired) electrons. The van der Waals surface area contributed by atoms with Crippen molar-refractivity contribution in [3.8, 4) is 0 Å². The van der Waals surface area contributed by atoms with Crippen LogP contribution in [0.15, 0.2) is 18.3 Å². The molecule has 0 atom stereocenters. The summed E-state index contributed by atoms with van der Waals surface area (Å²) in [5, 5.41) is 17.4. The molecule has 0 unspecified atom stereocenters. The standard InChI is InChI=1S/C7H11NO2/c9-4-6(5-10)7-2-1-3-8-7/h1-3,6,8-10H,4-5H2. The van der Waals surface area contributed by atoms with Gasteiger partial charge < -0.3 is 15.2 Å². The lowest BCUT2D eigenvalue weighted by Crippen LogP contribution is -2.08. The first-order valence-corrected chi connectivity index (χ1v) is 3.23. The number of hydrogen-bond acceptors (Lipinski definition) is 2. The molecule has 0 saturated carbocycles. The van der Waals surface area contributed by atoms with Crippen LogP contribution in [0.3, 0.4) is 0 Å². The molecule has 1 rings (SSSR count). The molecule has 0 aliphatic rings. The van der Waals surface area contributed by atoms with Crippen molar-refractivity contribution in [3.05, 3.63) is 24.0 Å². The zero-order valence-electron chi connectivity index (χ0n) is 5.62. The van der Waals surface area contributed by atoms with Gasteiger partial charge in [-0.2, -0.15) is 0 Å². The van der Waals surface area contributed by atoms with Crippen molar-refractivity contribution in [2.75, 3.05) is 13.2 Å². The molecule has 0 spiro atoms. The number of aliphatic hydroxyl groups is 2. The Kier molecular flexibility index (Phi) is 2.48. The van der Waals surface area contributed by atoms with Gasteiger partial charge in [0.15, 0.2) is 0 Å². The zero-order chi connectivity index (χ0) is 7.40. The summed E-state index contributed by atoms with van der Waals surface area (Å²) in [4.78, 5) is 2.92. The second-order valence-corrected chi connectivity index (χ2v) is 2.19. The summed E-state index contributed by atoms with van der Waals surface area (Å²) in [6, 6.07) is 3.69. The van der Waals surface area contributed by atoms with Gasteiger partial charge in [-0.3, -0.25) is 0 Å². The smallest absolute Gasteiger partial charge is 0.0536 e. The fourth-order valence-electron chi connectivity index (χ4n) is 0.853. The highest BCUT2D eigenvalue weighted by Crippen LogP contribution is 2.10. The predicted molar refractivity (Wildman–Crippen MR) is 37.7 cm³/mol. The summed E-state index contributed by atoms with van der Waals surface area (Å²) in [6.45, 7) is -0.0337. The maximum atomic E-state index is 8.72. The Bertz CT molecular complexity index is 168. The van der Waals surface area contributed by atoms with E-state index in [0.29, 0.717) is 0 Å². The molecule has 1 heterocycles. The van der Waals surface area contributed by atoms with Crippen LogP contribution in [0.25, 0.3) is 0 Å². The number of H-pyrrole nitrogens is 1. The molecule has 3 heteroatoms. The third-order valence-electron chi connectivity index (χ3n) is 1.50. The van der Waals surface area contributed by atoms with Crippen molar-refractivity contribution >= 4 is 0 Å². The lowest BCUT2D eigenvalue weighted by molar-refractivity contribution is 0.190. The van der Waals surface area contributed by atoms with Gasteiger partial charge in [0, 0.05) is 17.8 Å². The molecule has 0 aliphatic heterocycles. The van der Waals surface area contributed by atoms with Crippen LogP contribution in [-0.4, -0.2) is 28.4 Å². The molecule has 0 bridgehead atoms. The van der Waals surface area contributed by atoms with Crippen LogP contribution in [0.5, 0.6) is 0 Å². The van der Waals surface area contributed by atoms with Crippen LogP contribution in [0.4, 0.5) is 0 Å². The van der Waals surface area contributed by atoms with Gasteiger partial charge in [-0.15, -0.1) is 0 Å². The topological polar surface area (TPSA) is 56.2 Å². The van der Waals surface area contributed by atoms with Crippen LogP contribution in [0.1, 0.15) is 11.6 Å². The van der Waals surface area contributed by atoms with E-state index in [0.717, 1.165) is 5.69 Å². The van der Waals surface area contributed by atoms with Crippen molar-refractivity contribution in [3.63, 3.8) is 0 Å². The first-order valence-electron chi connectivity index (χ1n) is 3.23. The number of aliphatic hydroxyl groups excluding tert-OH is 2. The van der Waals surface area contributed by atoms with Gasteiger partial charge in [-0.05, 0) is 12.1 Å². The van der Waals surface area contributed by atoms with Gasteiger partial charge >= 0.3 is 0 Å². The maximum absolute atomic E-state index is 8.72. The van der Waals surface area contributed by atoms with E-state index in [1.165, 1.54) is 0 Å². The van der Waals surface area contributed by atoms with E-state index in [1.807, 2.05) is 12.1 Å². The van der Waals surface area contributed by atoms with E-state index in [-0.39, 0.29) is 19.1 Å². The molecule has 0 aliphatic carbocycles. The van der Waals surface area contributed by atoms with Crippen molar-refractivity contribution in [2.45, 2.75) is 5.92 Å². The van der Waals surface area contributed by atoms with E-state index < -0.39 is 0 Å². The fourth-order valence-corrected chi connectivity index (χ4v) is 0.853. The van der Waals surface area contributed by atoms with E-state index in [9.17, 15) is 0 Å². The number of rotatable bonds is 3.